The first-order valence-electron chi connectivity index (χ1n) is 7.91. The van der Waals surface area contributed by atoms with Crippen LogP contribution in [-0.4, -0.2) is 44.8 Å². The Hall–Kier alpha value is -1.85. The predicted octanol–water partition coefficient (Wildman–Crippen LogP) is 1.87. The van der Waals surface area contributed by atoms with Gasteiger partial charge in [0.25, 0.3) is 5.91 Å². The largest absolute Gasteiger partial charge is 0.481 e. The van der Waals surface area contributed by atoms with Crippen LogP contribution in [0.5, 0.6) is 0 Å². The van der Waals surface area contributed by atoms with Gasteiger partial charge >= 0.3 is 5.97 Å². The molecule has 1 aliphatic carbocycles. The molecule has 22 heavy (non-hydrogen) atoms. The Balaban J connectivity index is 1.88. The van der Waals surface area contributed by atoms with Crippen LogP contribution in [-0.2, 0) is 11.8 Å². The number of hydrogen-bond donors (Lipinski definition) is 1. The van der Waals surface area contributed by atoms with Gasteiger partial charge in [-0.15, -0.1) is 0 Å². The van der Waals surface area contributed by atoms with Gasteiger partial charge in [0, 0.05) is 26.3 Å². The van der Waals surface area contributed by atoms with Crippen molar-refractivity contribution in [2.75, 3.05) is 13.1 Å². The second-order valence-corrected chi connectivity index (χ2v) is 6.99. The fraction of sp³-hybridized carbons (Fsp3) is 0.688. The van der Waals surface area contributed by atoms with Crippen LogP contribution in [0, 0.1) is 11.3 Å². The average molecular weight is 305 g/mol. The molecule has 0 aromatic carbocycles. The molecule has 1 aliphatic heterocycles. The molecule has 0 bridgehead atoms. The fourth-order valence-corrected chi connectivity index (χ4v) is 4.06. The molecule has 0 unspecified atom stereocenters. The van der Waals surface area contributed by atoms with Crippen LogP contribution in [0.15, 0.2) is 6.20 Å². The Morgan fingerprint density at radius 1 is 1.45 bits per heavy atom. The number of carbonyl (C=O) groups excluding carboxylic acids is 1. The lowest BCUT2D eigenvalue weighted by Crippen LogP contribution is -2.37. The van der Waals surface area contributed by atoms with Crippen molar-refractivity contribution in [1.29, 1.82) is 0 Å². The van der Waals surface area contributed by atoms with E-state index in [2.05, 4.69) is 5.10 Å². The Labute approximate surface area is 130 Å². The van der Waals surface area contributed by atoms with Gasteiger partial charge in [0.15, 0.2) is 0 Å². The zero-order chi connectivity index (χ0) is 16.1. The summed E-state index contributed by atoms with van der Waals surface area (Å²) in [5.41, 5.74) is 0.669. The maximum Gasteiger partial charge on any atom is 0.311 e. The summed E-state index contributed by atoms with van der Waals surface area (Å²) in [6.07, 6.45) is 4.28. The first kappa shape index (κ1) is 15.1. The third kappa shape index (κ3) is 2.12. The topological polar surface area (TPSA) is 75.4 Å². The Morgan fingerprint density at radius 3 is 2.77 bits per heavy atom. The molecule has 3 rings (SSSR count). The molecule has 2 atom stereocenters. The minimum atomic E-state index is -0.749. The third-order valence-corrected chi connectivity index (χ3v) is 5.22. The number of carbonyl (C=O) groups is 2. The summed E-state index contributed by atoms with van der Waals surface area (Å²) in [5, 5.41) is 14.0. The first-order valence-corrected chi connectivity index (χ1v) is 7.91. The lowest BCUT2D eigenvalue weighted by atomic mass is 9.81. The molecular formula is C16H23N3O3. The number of rotatable bonds is 3. The van der Waals surface area contributed by atoms with Gasteiger partial charge in [-0.2, -0.15) is 5.10 Å². The predicted molar refractivity (Wildman–Crippen MR) is 80.6 cm³/mol. The number of aliphatic carboxylic acids is 1. The SMILES string of the molecule is CC(C)c1nn(C)cc1C(=O)N1C[C@@H]2CCC[C@@]2(C(=O)O)C1. The van der Waals surface area contributed by atoms with Gasteiger partial charge in [-0.1, -0.05) is 20.3 Å². The molecule has 6 heteroatoms. The second-order valence-electron chi connectivity index (χ2n) is 6.99. The van der Waals surface area contributed by atoms with Gasteiger partial charge in [-0.05, 0) is 24.7 Å². The number of fused-ring (bicyclic) bond motifs is 1. The van der Waals surface area contributed by atoms with Crippen LogP contribution in [0.3, 0.4) is 0 Å². The van der Waals surface area contributed by atoms with Crippen molar-refractivity contribution in [1.82, 2.24) is 14.7 Å². The molecule has 0 radical (unpaired) electrons. The van der Waals surface area contributed by atoms with E-state index in [4.69, 9.17) is 0 Å². The maximum atomic E-state index is 12.9. The van der Waals surface area contributed by atoms with Crippen LogP contribution in [0.4, 0.5) is 0 Å². The van der Waals surface area contributed by atoms with E-state index in [1.54, 1.807) is 22.8 Å². The van der Waals surface area contributed by atoms with Crippen LogP contribution < -0.4 is 0 Å². The normalized spacial score (nSPS) is 27.5. The second kappa shape index (κ2) is 5.11. The summed E-state index contributed by atoms with van der Waals surface area (Å²) in [5.74, 6) is -0.573. The van der Waals surface area contributed by atoms with Crippen molar-refractivity contribution in [2.45, 2.75) is 39.0 Å². The van der Waals surface area contributed by atoms with Gasteiger partial charge < -0.3 is 10.0 Å². The fourth-order valence-electron chi connectivity index (χ4n) is 4.06. The van der Waals surface area contributed by atoms with Gasteiger partial charge in [-0.25, -0.2) is 0 Å². The highest BCUT2D eigenvalue weighted by molar-refractivity contribution is 5.96. The highest BCUT2D eigenvalue weighted by Gasteiger charge is 2.56. The van der Waals surface area contributed by atoms with Crippen molar-refractivity contribution < 1.29 is 14.7 Å². The number of carboxylic acids is 1. The van der Waals surface area contributed by atoms with Crippen LogP contribution >= 0.6 is 0 Å². The van der Waals surface area contributed by atoms with Crippen molar-refractivity contribution in [3.8, 4) is 0 Å². The van der Waals surface area contributed by atoms with Gasteiger partial charge in [-0.3, -0.25) is 14.3 Å². The maximum absolute atomic E-state index is 12.9. The molecule has 2 fully saturated rings. The zero-order valence-corrected chi connectivity index (χ0v) is 13.4. The van der Waals surface area contributed by atoms with Crippen molar-refractivity contribution in [3.05, 3.63) is 17.5 Å². The standard InChI is InChI=1S/C16H23N3O3/c1-10(2)13-12(8-18(3)17-13)14(20)19-7-11-5-4-6-16(11,9-19)15(21)22/h8,10-11H,4-7,9H2,1-3H3,(H,21,22)/t11-,16+/m0/s1. The van der Waals surface area contributed by atoms with Crippen molar-refractivity contribution in [2.24, 2.45) is 18.4 Å². The smallest absolute Gasteiger partial charge is 0.311 e. The quantitative estimate of drug-likeness (QED) is 0.925. The molecule has 2 aliphatic rings. The van der Waals surface area contributed by atoms with Crippen molar-refractivity contribution >= 4 is 11.9 Å². The molecular weight excluding hydrogens is 282 g/mol. The Kier molecular flexibility index (Phi) is 3.50. The minimum Gasteiger partial charge on any atom is -0.481 e. The summed E-state index contributed by atoms with van der Waals surface area (Å²) in [4.78, 5) is 26.3. The molecule has 1 saturated carbocycles. The Morgan fingerprint density at radius 2 is 2.18 bits per heavy atom. The molecule has 1 amide bonds. The number of hydrogen-bond acceptors (Lipinski definition) is 3. The monoisotopic (exact) mass is 305 g/mol. The van der Waals surface area contributed by atoms with Gasteiger partial charge in [0.05, 0.1) is 16.7 Å². The van der Waals surface area contributed by atoms with E-state index < -0.39 is 11.4 Å². The number of aryl methyl sites for hydroxylation is 1. The number of carboxylic acid groups (broad SMARTS) is 1. The zero-order valence-electron chi connectivity index (χ0n) is 13.4. The minimum absolute atomic E-state index is 0.0770. The van der Waals surface area contributed by atoms with E-state index in [1.165, 1.54) is 0 Å². The summed E-state index contributed by atoms with van der Waals surface area (Å²) in [6, 6.07) is 0. The van der Waals surface area contributed by atoms with E-state index in [9.17, 15) is 14.7 Å². The molecule has 1 aromatic rings. The number of likely N-dealkylation sites (tertiary alicyclic amines) is 1. The molecule has 1 saturated heterocycles. The van der Waals surface area contributed by atoms with Crippen LogP contribution in [0.25, 0.3) is 0 Å². The Bertz CT molecular complexity index is 622. The molecule has 0 spiro atoms. The van der Waals surface area contributed by atoms with E-state index in [0.717, 1.165) is 18.5 Å². The van der Waals surface area contributed by atoms with E-state index in [1.807, 2.05) is 13.8 Å². The summed E-state index contributed by atoms with van der Waals surface area (Å²) in [7, 11) is 1.81. The summed E-state index contributed by atoms with van der Waals surface area (Å²) >= 11 is 0. The highest BCUT2D eigenvalue weighted by atomic mass is 16.4. The lowest BCUT2D eigenvalue weighted by molar-refractivity contribution is -0.149. The molecule has 1 N–H and O–H groups in total. The van der Waals surface area contributed by atoms with Gasteiger partial charge in [0.2, 0.25) is 0 Å². The molecule has 120 valence electrons. The highest BCUT2D eigenvalue weighted by Crippen LogP contribution is 2.49. The third-order valence-electron chi connectivity index (χ3n) is 5.22. The molecule has 6 nitrogen and oxygen atoms in total. The van der Waals surface area contributed by atoms with Gasteiger partial charge in [0.1, 0.15) is 0 Å². The molecule has 1 aromatic heterocycles. The number of nitrogens with zero attached hydrogens (tertiary/aromatic N) is 3. The molecule has 2 heterocycles. The van der Waals surface area contributed by atoms with Crippen molar-refractivity contribution in [3.63, 3.8) is 0 Å². The van der Waals surface area contributed by atoms with E-state index >= 15 is 0 Å². The van der Waals surface area contributed by atoms with Crippen LogP contribution in [0.1, 0.15) is 55.1 Å². The number of aromatic nitrogens is 2. The summed E-state index contributed by atoms with van der Waals surface area (Å²) in [6.45, 7) is 4.91. The van der Waals surface area contributed by atoms with Crippen LogP contribution in [0.2, 0.25) is 0 Å². The van der Waals surface area contributed by atoms with E-state index in [-0.39, 0.29) is 17.7 Å². The average Bonchev–Trinajstić information content (AvgIpc) is 3.08. The first-order chi connectivity index (χ1) is 10.3. The summed E-state index contributed by atoms with van der Waals surface area (Å²) < 4.78 is 1.66. The van der Waals surface area contributed by atoms with E-state index in [0.29, 0.717) is 25.1 Å². The number of amides is 1. The lowest BCUT2D eigenvalue weighted by Gasteiger charge is -2.23.